The Balaban J connectivity index is 1.46. The smallest absolute Gasteiger partial charge is 0.224 e. The number of halogens is 1. The van der Waals surface area contributed by atoms with Crippen molar-refractivity contribution in [3.05, 3.63) is 58.6 Å². The van der Waals surface area contributed by atoms with Gasteiger partial charge in [0, 0.05) is 24.5 Å². The Labute approximate surface area is 184 Å². The zero-order chi connectivity index (χ0) is 21.1. The Hall–Kier alpha value is -2.04. The van der Waals surface area contributed by atoms with E-state index in [1.165, 1.54) is 11.1 Å². The van der Waals surface area contributed by atoms with Crippen LogP contribution in [0.25, 0.3) is 0 Å². The average molecular weight is 427 g/mol. The Morgan fingerprint density at radius 3 is 2.80 bits per heavy atom. The molecule has 0 spiro atoms. The van der Waals surface area contributed by atoms with Gasteiger partial charge in [-0.2, -0.15) is 0 Å². The predicted molar refractivity (Wildman–Crippen MR) is 122 cm³/mol. The number of rotatable bonds is 3. The summed E-state index contributed by atoms with van der Waals surface area (Å²) >= 11 is 6.37. The van der Waals surface area contributed by atoms with Crippen LogP contribution < -0.4 is 10.1 Å². The van der Waals surface area contributed by atoms with Gasteiger partial charge >= 0.3 is 0 Å². The first-order valence-electron chi connectivity index (χ1n) is 11.0. The molecule has 2 aliphatic heterocycles. The molecule has 1 fully saturated rings. The first-order valence-corrected chi connectivity index (χ1v) is 11.4. The zero-order valence-electron chi connectivity index (χ0n) is 17.9. The molecule has 2 atom stereocenters. The number of amides is 1. The molecule has 4 rings (SSSR count). The lowest BCUT2D eigenvalue weighted by Gasteiger charge is -2.39. The summed E-state index contributed by atoms with van der Waals surface area (Å²) in [5.74, 6) is 2.12. The summed E-state index contributed by atoms with van der Waals surface area (Å²) in [6.45, 7) is 7.82. The Kier molecular flexibility index (Phi) is 6.64. The quantitative estimate of drug-likeness (QED) is 0.683. The van der Waals surface area contributed by atoms with Crippen LogP contribution in [0.4, 0.5) is 5.69 Å². The predicted octanol–water partition coefficient (Wildman–Crippen LogP) is 5.71. The third kappa shape index (κ3) is 4.98. The highest BCUT2D eigenvalue weighted by Gasteiger charge is 2.31. The van der Waals surface area contributed by atoms with Crippen LogP contribution in [-0.2, 0) is 11.3 Å². The fraction of sp³-hybridized carbons (Fsp3) is 0.480. The zero-order valence-corrected chi connectivity index (χ0v) is 18.6. The Bertz CT molecular complexity index is 898. The molecule has 2 aromatic rings. The summed E-state index contributed by atoms with van der Waals surface area (Å²) in [7, 11) is 0. The molecule has 5 heteroatoms. The van der Waals surface area contributed by atoms with Crippen molar-refractivity contribution in [3.8, 4) is 5.75 Å². The minimum absolute atomic E-state index is 0.0946. The third-order valence-corrected chi connectivity index (χ3v) is 6.83. The van der Waals surface area contributed by atoms with E-state index in [1.54, 1.807) is 0 Å². The molecule has 0 radical (unpaired) electrons. The van der Waals surface area contributed by atoms with E-state index in [-0.39, 0.29) is 5.91 Å². The van der Waals surface area contributed by atoms with Gasteiger partial charge in [-0.3, -0.25) is 9.69 Å². The second-order valence-corrected chi connectivity index (χ2v) is 9.34. The van der Waals surface area contributed by atoms with Crippen molar-refractivity contribution < 1.29 is 9.53 Å². The van der Waals surface area contributed by atoms with Crippen molar-refractivity contribution in [2.45, 2.75) is 45.6 Å². The molecule has 2 heterocycles. The SMILES string of the molecule is CC(C)c1ccc2c(c1)NC(=O)C[C@@H]1CCN(Cc3ccccc3Cl)C[C@@H]1CCO2. The van der Waals surface area contributed by atoms with Crippen molar-refractivity contribution in [1.29, 1.82) is 0 Å². The number of nitrogens with zero attached hydrogens (tertiary/aromatic N) is 1. The number of nitrogens with one attached hydrogen (secondary N) is 1. The van der Waals surface area contributed by atoms with E-state index in [4.69, 9.17) is 16.3 Å². The van der Waals surface area contributed by atoms with E-state index >= 15 is 0 Å². The van der Waals surface area contributed by atoms with Gasteiger partial charge in [0.25, 0.3) is 0 Å². The molecule has 0 aliphatic carbocycles. The van der Waals surface area contributed by atoms with Crippen LogP contribution in [0.5, 0.6) is 5.75 Å². The molecular formula is C25H31ClN2O2. The highest BCUT2D eigenvalue weighted by atomic mass is 35.5. The average Bonchev–Trinajstić information content (AvgIpc) is 2.72. The maximum absolute atomic E-state index is 12.8. The van der Waals surface area contributed by atoms with E-state index in [9.17, 15) is 4.79 Å². The molecule has 0 saturated carbocycles. The summed E-state index contributed by atoms with van der Waals surface area (Å²) in [6, 6.07) is 14.2. The Morgan fingerprint density at radius 2 is 2.00 bits per heavy atom. The largest absolute Gasteiger partial charge is 0.491 e. The standard InChI is InChI=1S/C25H31ClN2O2/c1-17(2)18-7-8-24-23(13-18)27-25(29)14-19-9-11-28(15-20(19)10-12-30-24)16-21-5-3-4-6-22(21)26/h3-8,13,17,19-20H,9-12,14-16H2,1-2H3,(H,27,29)/t19-,20-/m0/s1. The van der Waals surface area contributed by atoms with Gasteiger partial charge in [0.1, 0.15) is 5.75 Å². The minimum atomic E-state index is 0.0946. The molecule has 1 amide bonds. The fourth-order valence-electron chi connectivity index (χ4n) is 4.65. The van der Waals surface area contributed by atoms with Gasteiger partial charge in [0.05, 0.1) is 12.3 Å². The van der Waals surface area contributed by atoms with Crippen LogP contribution in [0.3, 0.4) is 0 Å². The van der Waals surface area contributed by atoms with Gasteiger partial charge in [-0.15, -0.1) is 0 Å². The van der Waals surface area contributed by atoms with Crippen LogP contribution in [-0.4, -0.2) is 30.5 Å². The monoisotopic (exact) mass is 426 g/mol. The highest BCUT2D eigenvalue weighted by Crippen LogP contribution is 2.35. The van der Waals surface area contributed by atoms with E-state index < -0.39 is 0 Å². The van der Waals surface area contributed by atoms with Crippen LogP contribution in [0.2, 0.25) is 5.02 Å². The molecule has 0 aromatic heterocycles. The third-order valence-electron chi connectivity index (χ3n) is 6.47. The van der Waals surface area contributed by atoms with Gasteiger partial charge < -0.3 is 10.1 Å². The molecule has 1 N–H and O–H groups in total. The van der Waals surface area contributed by atoms with Crippen molar-refractivity contribution in [2.75, 3.05) is 25.0 Å². The molecule has 2 aliphatic rings. The summed E-state index contributed by atoms with van der Waals surface area (Å²) in [4.78, 5) is 15.3. The number of hydrogen-bond donors (Lipinski definition) is 1. The van der Waals surface area contributed by atoms with Crippen LogP contribution in [0, 0.1) is 11.8 Å². The molecule has 2 aromatic carbocycles. The number of piperidine rings is 1. The number of benzene rings is 2. The highest BCUT2D eigenvalue weighted by molar-refractivity contribution is 6.31. The number of likely N-dealkylation sites (tertiary alicyclic amines) is 1. The van der Waals surface area contributed by atoms with E-state index in [1.807, 2.05) is 24.3 Å². The summed E-state index contributed by atoms with van der Waals surface area (Å²) in [6.07, 6.45) is 2.57. The fourth-order valence-corrected chi connectivity index (χ4v) is 4.85. The number of carbonyl (C=O) groups is 1. The molecule has 0 unspecified atom stereocenters. The maximum Gasteiger partial charge on any atom is 0.224 e. The number of anilines is 1. The van der Waals surface area contributed by atoms with Gasteiger partial charge in [0.2, 0.25) is 5.91 Å². The van der Waals surface area contributed by atoms with E-state index in [2.05, 4.69) is 42.3 Å². The van der Waals surface area contributed by atoms with Crippen LogP contribution >= 0.6 is 11.6 Å². The number of fused-ring (bicyclic) bond motifs is 2. The summed E-state index contributed by atoms with van der Waals surface area (Å²) in [5, 5.41) is 3.95. The second-order valence-electron chi connectivity index (χ2n) is 8.94. The second kappa shape index (κ2) is 9.40. The van der Waals surface area contributed by atoms with Crippen molar-refractivity contribution in [1.82, 2.24) is 4.90 Å². The van der Waals surface area contributed by atoms with Crippen LogP contribution in [0.1, 0.15) is 50.2 Å². The Morgan fingerprint density at radius 1 is 1.17 bits per heavy atom. The van der Waals surface area contributed by atoms with Gasteiger partial charge in [0.15, 0.2) is 0 Å². The minimum Gasteiger partial charge on any atom is -0.491 e. The number of hydrogen-bond acceptors (Lipinski definition) is 3. The molecule has 30 heavy (non-hydrogen) atoms. The van der Waals surface area contributed by atoms with Gasteiger partial charge in [-0.25, -0.2) is 0 Å². The summed E-state index contributed by atoms with van der Waals surface area (Å²) in [5.41, 5.74) is 3.18. The first-order chi connectivity index (χ1) is 14.5. The molecule has 1 saturated heterocycles. The first kappa shape index (κ1) is 21.2. The normalized spacial score (nSPS) is 22.6. The topological polar surface area (TPSA) is 41.6 Å². The molecular weight excluding hydrogens is 396 g/mol. The van der Waals surface area contributed by atoms with Crippen molar-refractivity contribution in [2.24, 2.45) is 11.8 Å². The summed E-state index contributed by atoms with van der Waals surface area (Å²) < 4.78 is 6.11. The lowest BCUT2D eigenvalue weighted by Crippen LogP contribution is -2.42. The number of ether oxygens (including phenoxy) is 1. The molecule has 160 valence electrons. The van der Waals surface area contributed by atoms with Gasteiger partial charge in [-0.1, -0.05) is 49.7 Å². The lowest BCUT2D eigenvalue weighted by atomic mass is 9.81. The van der Waals surface area contributed by atoms with Gasteiger partial charge in [-0.05, 0) is 66.5 Å². The van der Waals surface area contributed by atoms with Crippen LogP contribution in [0.15, 0.2) is 42.5 Å². The van der Waals surface area contributed by atoms with Crippen molar-refractivity contribution in [3.63, 3.8) is 0 Å². The number of carbonyl (C=O) groups excluding carboxylic acids is 1. The lowest BCUT2D eigenvalue weighted by molar-refractivity contribution is -0.118. The molecule has 4 nitrogen and oxygen atoms in total. The van der Waals surface area contributed by atoms with E-state index in [0.717, 1.165) is 48.9 Å². The molecule has 0 bridgehead atoms. The maximum atomic E-state index is 12.8. The van der Waals surface area contributed by atoms with E-state index in [0.29, 0.717) is 30.8 Å². The van der Waals surface area contributed by atoms with Crippen molar-refractivity contribution >= 4 is 23.2 Å².